The van der Waals surface area contributed by atoms with Crippen LogP contribution in [0.15, 0.2) is 40.6 Å². The minimum absolute atomic E-state index is 0.0957. The van der Waals surface area contributed by atoms with Crippen molar-refractivity contribution in [1.82, 2.24) is 0 Å². The summed E-state index contributed by atoms with van der Waals surface area (Å²) >= 11 is 0. The number of methoxy groups -OCH3 is 2. The van der Waals surface area contributed by atoms with Crippen molar-refractivity contribution in [2.24, 2.45) is 10.2 Å². The van der Waals surface area contributed by atoms with Crippen LogP contribution in [0.1, 0.15) is 51.5 Å². The van der Waals surface area contributed by atoms with Gasteiger partial charge in [0, 0.05) is 36.3 Å². The average Bonchev–Trinajstić information content (AvgIpc) is 2.78. The maximum Gasteiger partial charge on any atom is 0.303 e. The van der Waals surface area contributed by atoms with Crippen LogP contribution >= 0.6 is 0 Å². The van der Waals surface area contributed by atoms with Gasteiger partial charge in [-0.05, 0) is 50.3 Å². The number of anilines is 1. The highest BCUT2D eigenvalue weighted by atomic mass is 16.6. The van der Waals surface area contributed by atoms with E-state index in [1.165, 1.54) is 25.3 Å². The Labute approximate surface area is 198 Å². The third-order valence-electron chi connectivity index (χ3n) is 6.10. The predicted octanol–water partition coefficient (Wildman–Crippen LogP) is 5.98. The summed E-state index contributed by atoms with van der Waals surface area (Å²) in [5, 5.41) is 28.7. The van der Waals surface area contributed by atoms with Crippen molar-refractivity contribution < 1.29 is 24.3 Å². The molecular weight excluding hydrogens is 440 g/mol. The summed E-state index contributed by atoms with van der Waals surface area (Å²) in [5.74, 6) is 0.207. The summed E-state index contributed by atoms with van der Waals surface area (Å²) in [4.78, 5) is 23.8. The number of azo groups is 1. The van der Waals surface area contributed by atoms with Crippen molar-refractivity contribution in [3.05, 3.63) is 46.0 Å². The first-order valence-electron chi connectivity index (χ1n) is 11.0. The third-order valence-corrected chi connectivity index (χ3v) is 6.10. The SMILES string of the molecule is COc1cc([N+](=O)[O-])ccc1/N=N/c1cc2c(cc1OC)N(CCCC(=O)O)C(C)(C)CC2C. The van der Waals surface area contributed by atoms with Crippen LogP contribution in [0.25, 0.3) is 0 Å². The number of ether oxygens (including phenoxy) is 2. The van der Waals surface area contributed by atoms with Crippen LogP contribution in [0.4, 0.5) is 22.7 Å². The van der Waals surface area contributed by atoms with E-state index in [9.17, 15) is 14.9 Å². The molecule has 0 bridgehead atoms. The van der Waals surface area contributed by atoms with E-state index in [1.54, 1.807) is 7.11 Å². The Hall–Kier alpha value is -3.69. The molecule has 2 aromatic carbocycles. The third kappa shape index (κ3) is 5.27. The topological polar surface area (TPSA) is 127 Å². The fourth-order valence-electron chi connectivity index (χ4n) is 4.52. The minimum Gasteiger partial charge on any atom is -0.494 e. The number of non-ortho nitro benzene ring substituents is 1. The van der Waals surface area contributed by atoms with Crippen molar-refractivity contribution in [3.8, 4) is 11.5 Å². The van der Waals surface area contributed by atoms with Gasteiger partial charge in [-0.2, -0.15) is 0 Å². The second-order valence-electron chi connectivity index (χ2n) is 8.96. The Balaban J connectivity index is 2.00. The standard InChI is InChI=1S/C24H30N4O6/c1-15-14-24(2,3)27(10-6-7-23(29)30)20-13-22(34-5)19(12-17(15)20)26-25-18-9-8-16(28(31)32)11-21(18)33-4/h8-9,11-13,15H,6-7,10,14H2,1-5H3,(H,29,30)/b26-25+. The van der Waals surface area contributed by atoms with E-state index >= 15 is 0 Å². The number of benzene rings is 2. The van der Waals surface area contributed by atoms with Gasteiger partial charge < -0.3 is 19.5 Å². The van der Waals surface area contributed by atoms with E-state index in [-0.39, 0.29) is 29.3 Å². The maximum atomic E-state index is 11.0. The number of rotatable bonds is 9. The van der Waals surface area contributed by atoms with Crippen LogP contribution in [0.2, 0.25) is 0 Å². The van der Waals surface area contributed by atoms with Crippen molar-refractivity contribution in [2.45, 2.75) is 51.5 Å². The van der Waals surface area contributed by atoms with E-state index in [1.807, 2.05) is 12.1 Å². The monoisotopic (exact) mass is 470 g/mol. The van der Waals surface area contributed by atoms with Gasteiger partial charge in [0.15, 0.2) is 5.75 Å². The zero-order valence-electron chi connectivity index (χ0n) is 20.1. The molecule has 1 heterocycles. The van der Waals surface area contributed by atoms with E-state index in [0.29, 0.717) is 30.1 Å². The second kappa shape index (κ2) is 10.1. The highest BCUT2D eigenvalue weighted by Crippen LogP contribution is 2.48. The number of nitrogens with zero attached hydrogens (tertiary/aromatic N) is 4. The number of nitro groups is 1. The largest absolute Gasteiger partial charge is 0.494 e. The fourth-order valence-corrected chi connectivity index (χ4v) is 4.52. The quantitative estimate of drug-likeness (QED) is 0.271. The summed E-state index contributed by atoms with van der Waals surface area (Å²) in [6.07, 6.45) is 1.54. The molecule has 182 valence electrons. The van der Waals surface area contributed by atoms with Crippen LogP contribution in [0.3, 0.4) is 0 Å². The number of carboxylic acids is 1. The van der Waals surface area contributed by atoms with E-state index in [4.69, 9.17) is 14.6 Å². The smallest absolute Gasteiger partial charge is 0.303 e. The molecule has 1 atom stereocenters. The molecular formula is C24H30N4O6. The van der Waals surface area contributed by atoms with Gasteiger partial charge in [0.05, 0.1) is 25.2 Å². The Morgan fingerprint density at radius 1 is 1.18 bits per heavy atom. The van der Waals surface area contributed by atoms with Gasteiger partial charge in [0.25, 0.3) is 5.69 Å². The lowest BCUT2D eigenvalue weighted by Crippen LogP contribution is -2.48. The molecule has 2 aromatic rings. The van der Waals surface area contributed by atoms with Crippen molar-refractivity contribution >= 4 is 28.7 Å². The normalized spacial score (nSPS) is 16.9. The summed E-state index contributed by atoms with van der Waals surface area (Å²) < 4.78 is 10.8. The number of hydrogen-bond acceptors (Lipinski definition) is 8. The summed E-state index contributed by atoms with van der Waals surface area (Å²) in [6, 6.07) is 8.01. The van der Waals surface area contributed by atoms with Crippen LogP contribution in [-0.4, -0.2) is 42.3 Å². The van der Waals surface area contributed by atoms with Gasteiger partial charge in [-0.1, -0.05) is 6.92 Å². The summed E-state index contributed by atoms with van der Waals surface area (Å²) in [6.45, 7) is 7.09. The van der Waals surface area contributed by atoms with Crippen molar-refractivity contribution in [3.63, 3.8) is 0 Å². The number of hydrogen-bond donors (Lipinski definition) is 1. The van der Waals surface area contributed by atoms with Crippen LogP contribution in [0, 0.1) is 10.1 Å². The molecule has 34 heavy (non-hydrogen) atoms. The van der Waals surface area contributed by atoms with Crippen LogP contribution in [0.5, 0.6) is 11.5 Å². The molecule has 3 rings (SSSR count). The molecule has 1 aliphatic rings. The Morgan fingerprint density at radius 3 is 2.44 bits per heavy atom. The second-order valence-corrected chi connectivity index (χ2v) is 8.96. The van der Waals surface area contributed by atoms with Gasteiger partial charge >= 0.3 is 5.97 Å². The maximum absolute atomic E-state index is 11.0. The van der Waals surface area contributed by atoms with E-state index in [0.717, 1.165) is 17.7 Å². The Bertz CT molecular complexity index is 1110. The molecule has 0 amide bonds. The molecule has 0 spiro atoms. The lowest BCUT2D eigenvalue weighted by Gasteiger charge is -2.47. The molecule has 0 aromatic heterocycles. The zero-order valence-corrected chi connectivity index (χ0v) is 20.1. The molecule has 10 heteroatoms. The molecule has 0 radical (unpaired) electrons. The number of carboxylic acid groups (broad SMARTS) is 1. The first-order chi connectivity index (χ1) is 16.1. The van der Waals surface area contributed by atoms with Gasteiger partial charge in [0.2, 0.25) is 0 Å². The minimum atomic E-state index is -0.807. The molecule has 1 aliphatic heterocycles. The van der Waals surface area contributed by atoms with Gasteiger partial charge in [-0.3, -0.25) is 14.9 Å². The number of nitro benzene ring substituents is 1. The predicted molar refractivity (Wildman–Crippen MR) is 128 cm³/mol. The summed E-state index contributed by atoms with van der Waals surface area (Å²) in [5.41, 5.74) is 2.72. The van der Waals surface area contributed by atoms with Crippen LogP contribution < -0.4 is 14.4 Å². The fraction of sp³-hybridized carbons (Fsp3) is 0.458. The molecule has 0 saturated heterocycles. The number of fused-ring (bicyclic) bond motifs is 1. The average molecular weight is 471 g/mol. The van der Waals surface area contributed by atoms with Crippen LogP contribution in [-0.2, 0) is 4.79 Å². The summed E-state index contributed by atoms with van der Waals surface area (Å²) in [7, 11) is 2.97. The molecule has 1 N–H and O–H groups in total. The lowest BCUT2D eigenvalue weighted by atomic mass is 9.79. The zero-order chi connectivity index (χ0) is 25.0. The number of aliphatic carboxylic acids is 1. The van der Waals surface area contributed by atoms with Gasteiger partial charge in [-0.15, -0.1) is 10.2 Å². The first kappa shape index (κ1) is 24.9. The van der Waals surface area contributed by atoms with E-state index < -0.39 is 10.9 Å². The highest BCUT2D eigenvalue weighted by molar-refractivity contribution is 5.70. The van der Waals surface area contributed by atoms with Crippen molar-refractivity contribution in [1.29, 1.82) is 0 Å². The first-order valence-corrected chi connectivity index (χ1v) is 11.0. The number of carbonyl (C=O) groups is 1. The van der Waals surface area contributed by atoms with E-state index in [2.05, 4.69) is 35.9 Å². The Kier molecular flexibility index (Phi) is 7.38. The van der Waals surface area contributed by atoms with Crippen molar-refractivity contribution in [2.75, 3.05) is 25.7 Å². The lowest BCUT2D eigenvalue weighted by molar-refractivity contribution is -0.384. The molecule has 10 nitrogen and oxygen atoms in total. The molecule has 0 fully saturated rings. The Morgan fingerprint density at radius 2 is 1.82 bits per heavy atom. The highest BCUT2D eigenvalue weighted by Gasteiger charge is 2.37. The molecule has 0 saturated carbocycles. The van der Waals surface area contributed by atoms with Gasteiger partial charge in [-0.25, -0.2) is 0 Å². The van der Waals surface area contributed by atoms with Gasteiger partial charge in [0.1, 0.15) is 17.1 Å². The molecule has 1 unspecified atom stereocenters. The molecule has 0 aliphatic carbocycles.